The maximum absolute atomic E-state index is 12.9. The highest BCUT2D eigenvalue weighted by Crippen LogP contribution is 2.26. The number of carbonyl (C=O) groups is 3. The van der Waals surface area contributed by atoms with Crippen LogP contribution in [0, 0.1) is 12.8 Å². The maximum Gasteiger partial charge on any atom is 0.338 e. The Hall–Kier alpha value is -3.66. The van der Waals surface area contributed by atoms with Crippen LogP contribution in [0.4, 0.5) is 5.69 Å². The molecule has 2 amide bonds. The molecule has 1 aromatic heterocycles. The predicted octanol–water partition coefficient (Wildman–Crippen LogP) is 4.64. The van der Waals surface area contributed by atoms with E-state index in [1.165, 1.54) is 11.8 Å². The fourth-order valence-electron chi connectivity index (χ4n) is 3.66. The zero-order valence-electron chi connectivity index (χ0n) is 21.8. The van der Waals surface area contributed by atoms with Crippen molar-refractivity contribution in [1.82, 2.24) is 20.1 Å². The third kappa shape index (κ3) is 7.42. The molecule has 0 saturated heterocycles. The number of aromatic nitrogens is 3. The molecule has 0 aliphatic rings. The summed E-state index contributed by atoms with van der Waals surface area (Å²) in [5.74, 6) is -0.0520. The number of rotatable bonds is 11. The molecule has 9 nitrogen and oxygen atoms in total. The van der Waals surface area contributed by atoms with Crippen LogP contribution in [-0.4, -0.2) is 44.9 Å². The first-order valence-electron chi connectivity index (χ1n) is 12.2. The van der Waals surface area contributed by atoms with Gasteiger partial charge in [-0.15, -0.1) is 10.2 Å². The SMILES string of the molecule is CCOC(=O)c1cccc(NC(=O)CSc2nnc([C@@H](NC(=O)c3ccc(C)cc3)C(C)C)n2CC)c1. The van der Waals surface area contributed by atoms with E-state index >= 15 is 0 Å². The smallest absolute Gasteiger partial charge is 0.338 e. The lowest BCUT2D eigenvalue weighted by Crippen LogP contribution is -2.33. The molecule has 10 heteroatoms. The molecule has 2 aromatic carbocycles. The van der Waals surface area contributed by atoms with E-state index in [1.54, 1.807) is 43.3 Å². The Bertz CT molecular complexity index is 1240. The van der Waals surface area contributed by atoms with Crippen molar-refractivity contribution in [1.29, 1.82) is 0 Å². The van der Waals surface area contributed by atoms with Gasteiger partial charge < -0.3 is 19.9 Å². The van der Waals surface area contributed by atoms with E-state index in [0.717, 1.165) is 5.56 Å². The summed E-state index contributed by atoms with van der Waals surface area (Å²) in [6, 6.07) is 13.7. The van der Waals surface area contributed by atoms with Gasteiger partial charge in [0.05, 0.1) is 24.0 Å². The minimum Gasteiger partial charge on any atom is -0.462 e. The average Bonchev–Trinajstić information content (AvgIpc) is 3.29. The highest BCUT2D eigenvalue weighted by Gasteiger charge is 2.26. The van der Waals surface area contributed by atoms with E-state index in [1.807, 2.05) is 44.4 Å². The molecule has 0 aliphatic carbocycles. The summed E-state index contributed by atoms with van der Waals surface area (Å²) in [4.78, 5) is 37.4. The number of hydrogen-bond acceptors (Lipinski definition) is 7. The van der Waals surface area contributed by atoms with E-state index in [0.29, 0.717) is 34.3 Å². The number of aryl methyl sites for hydroxylation is 1. The number of amides is 2. The van der Waals surface area contributed by atoms with Crippen molar-refractivity contribution >= 4 is 35.2 Å². The molecule has 0 bridgehead atoms. The summed E-state index contributed by atoms with van der Waals surface area (Å²) < 4.78 is 6.93. The summed E-state index contributed by atoms with van der Waals surface area (Å²) >= 11 is 1.26. The van der Waals surface area contributed by atoms with Crippen LogP contribution in [0.5, 0.6) is 0 Å². The van der Waals surface area contributed by atoms with Crippen molar-refractivity contribution < 1.29 is 19.1 Å². The summed E-state index contributed by atoms with van der Waals surface area (Å²) in [6.45, 7) is 10.6. The Morgan fingerprint density at radius 1 is 1.03 bits per heavy atom. The van der Waals surface area contributed by atoms with E-state index < -0.39 is 5.97 Å². The monoisotopic (exact) mass is 523 g/mol. The van der Waals surface area contributed by atoms with Crippen LogP contribution in [0.2, 0.25) is 0 Å². The number of hydrogen-bond donors (Lipinski definition) is 2. The summed E-state index contributed by atoms with van der Waals surface area (Å²) in [5, 5.41) is 15.2. The fraction of sp³-hybridized carbons (Fsp3) is 0.370. The fourth-order valence-corrected chi connectivity index (χ4v) is 4.47. The molecule has 3 aromatic rings. The van der Waals surface area contributed by atoms with Crippen LogP contribution in [0.1, 0.15) is 65.8 Å². The standard InChI is InChI=1S/C27H33N5O4S/c1-6-32-24(23(17(3)4)29-25(34)19-13-11-18(5)12-14-19)30-31-27(32)37-16-22(33)28-21-10-8-9-20(15-21)26(35)36-7-2/h8-15,17,23H,6-7,16H2,1-5H3,(H,28,33)(H,29,34)/t23-/m0/s1. The van der Waals surface area contributed by atoms with Gasteiger partial charge in [-0.25, -0.2) is 4.79 Å². The zero-order valence-corrected chi connectivity index (χ0v) is 22.6. The molecule has 0 unspecified atom stereocenters. The third-order valence-corrected chi connectivity index (χ3v) is 6.56. The van der Waals surface area contributed by atoms with Crippen LogP contribution in [0.3, 0.4) is 0 Å². The van der Waals surface area contributed by atoms with Crippen molar-refractivity contribution in [3.63, 3.8) is 0 Å². The van der Waals surface area contributed by atoms with E-state index in [2.05, 4.69) is 20.8 Å². The van der Waals surface area contributed by atoms with Crippen LogP contribution < -0.4 is 10.6 Å². The lowest BCUT2D eigenvalue weighted by Gasteiger charge is -2.22. The van der Waals surface area contributed by atoms with E-state index in [-0.39, 0.29) is 36.1 Å². The Morgan fingerprint density at radius 3 is 2.41 bits per heavy atom. The highest BCUT2D eigenvalue weighted by molar-refractivity contribution is 7.99. The second kappa shape index (κ2) is 13.0. The van der Waals surface area contributed by atoms with Gasteiger partial charge in [0.1, 0.15) is 0 Å². The lowest BCUT2D eigenvalue weighted by molar-refractivity contribution is -0.113. The first-order valence-corrected chi connectivity index (χ1v) is 13.2. The third-order valence-electron chi connectivity index (χ3n) is 5.60. The second-order valence-corrected chi connectivity index (χ2v) is 9.73. The normalized spacial score (nSPS) is 11.7. The summed E-state index contributed by atoms with van der Waals surface area (Å²) in [5.41, 5.74) is 2.54. The number of carbonyl (C=O) groups excluding carboxylic acids is 3. The average molecular weight is 524 g/mol. The van der Waals surface area contributed by atoms with Gasteiger partial charge in [0.25, 0.3) is 5.91 Å². The van der Waals surface area contributed by atoms with Crippen LogP contribution in [-0.2, 0) is 16.1 Å². The minimum atomic E-state index is -0.439. The Morgan fingerprint density at radius 2 is 1.76 bits per heavy atom. The van der Waals surface area contributed by atoms with Crippen molar-refractivity contribution in [2.75, 3.05) is 17.7 Å². The predicted molar refractivity (Wildman–Crippen MR) is 144 cm³/mol. The van der Waals surface area contributed by atoms with Gasteiger partial charge >= 0.3 is 5.97 Å². The number of anilines is 1. The quantitative estimate of drug-likeness (QED) is 0.278. The lowest BCUT2D eigenvalue weighted by atomic mass is 10.0. The minimum absolute atomic E-state index is 0.0664. The molecule has 1 atom stereocenters. The topological polar surface area (TPSA) is 115 Å². The van der Waals surface area contributed by atoms with Gasteiger partial charge in [0.15, 0.2) is 11.0 Å². The second-order valence-electron chi connectivity index (χ2n) is 8.78. The van der Waals surface area contributed by atoms with Crippen LogP contribution in [0.25, 0.3) is 0 Å². The molecule has 0 aliphatic heterocycles. The van der Waals surface area contributed by atoms with E-state index in [4.69, 9.17) is 4.74 Å². The van der Waals surface area contributed by atoms with Crippen molar-refractivity contribution in [3.8, 4) is 0 Å². The molecular weight excluding hydrogens is 490 g/mol. The molecule has 0 spiro atoms. The number of nitrogens with zero attached hydrogens (tertiary/aromatic N) is 3. The Balaban J connectivity index is 1.68. The molecule has 3 rings (SSSR count). The van der Waals surface area contributed by atoms with Gasteiger partial charge in [0.2, 0.25) is 5.91 Å². The number of nitrogens with one attached hydrogen (secondary N) is 2. The molecule has 0 radical (unpaired) electrons. The number of ether oxygens (including phenoxy) is 1. The largest absolute Gasteiger partial charge is 0.462 e. The zero-order chi connectivity index (χ0) is 26.9. The molecule has 2 N–H and O–H groups in total. The molecule has 37 heavy (non-hydrogen) atoms. The summed E-state index contributed by atoms with van der Waals surface area (Å²) in [7, 11) is 0. The Labute approximate surface area is 221 Å². The van der Waals surface area contributed by atoms with Crippen LogP contribution >= 0.6 is 11.8 Å². The van der Waals surface area contributed by atoms with Gasteiger partial charge in [0, 0.05) is 17.8 Å². The van der Waals surface area contributed by atoms with Crippen LogP contribution in [0.15, 0.2) is 53.7 Å². The first-order chi connectivity index (χ1) is 17.7. The molecular formula is C27H33N5O4S. The summed E-state index contributed by atoms with van der Waals surface area (Å²) in [6.07, 6.45) is 0. The van der Waals surface area contributed by atoms with E-state index in [9.17, 15) is 14.4 Å². The Kier molecular flexibility index (Phi) is 9.85. The van der Waals surface area contributed by atoms with Gasteiger partial charge in [-0.05, 0) is 57.0 Å². The number of esters is 1. The first kappa shape index (κ1) is 27.9. The maximum atomic E-state index is 12.9. The van der Waals surface area contributed by atoms with Crippen molar-refractivity contribution in [2.45, 2.75) is 52.4 Å². The molecule has 0 fully saturated rings. The molecule has 1 heterocycles. The van der Waals surface area contributed by atoms with Gasteiger partial charge in [-0.1, -0.05) is 49.4 Å². The van der Waals surface area contributed by atoms with Crippen molar-refractivity contribution in [3.05, 3.63) is 71.0 Å². The molecule has 0 saturated carbocycles. The number of thioether (sulfide) groups is 1. The molecule has 196 valence electrons. The van der Waals surface area contributed by atoms with Crippen molar-refractivity contribution in [2.24, 2.45) is 5.92 Å². The highest BCUT2D eigenvalue weighted by atomic mass is 32.2. The van der Waals surface area contributed by atoms with Gasteiger partial charge in [-0.3, -0.25) is 9.59 Å². The van der Waals surface area contributed by atoms with Gasteiger partial charge in [-0.2, -0.15) is 0 Å². The number of benzene rings is 2.